The Balaban J connectivity index is 1.19. The average molecular weight is 1150 g/mol. The summed E-state index contributed by atoms with van der Waals surface area (Å²) >= 11 is 0. The standard InChI is InChI=1S/C42H73O34P/c1-3-13-19(46)25(52)31(58)39(68-13)75-35-28(55)20(47)14(7-43)69-41(35)66-9-16-22(49)26(53)30(57)37(71-16)65-10-17-24(51)34(33(60)38(72-17)64-6-4-5-12(2)45)74-42-36(29(56)21(48)15(8-44)70-42)76-40-32(59)27(54)23(50)18(73-40)11-67-77(61,62)63/h13-44,46-60H,3-11H2,1-2H3,(H2,61,62,63)/p-2/t13?,14?,15?,16?,17?,18?,19-,20-,21-,22-,23-,24-,25-,26-,27-,28-,29-,30?,31?,32?,33?,34-,35?,36?,37+,38+,39-,40-,41+,42-/m0/s1. The molecule has 35 heteroatoms. The number of aliphatic hydroxyl groups is 17. The minimum atomic E-state index is -5.69. The van der Waals surface area contributed by atoms with Crippen molar-refractivity contribution in [2.24, 2.45) is 0 Å². The highest BCUT2D eigenvalue weighted by Crippen LogP contribution is 2.36. The maximum absolute atomic E-state index is 11.8. The van der Waals surface area contributed by atoms with Crippen LogP contribution in [0, 0.1) is 0 Å². The molecule has 0 aromatic heterocycles. The molecule has 450 valence electrons. The molecule has 6 rings (SSSR count). The first-order valence-corrected chi connectivity index (χ1v) is 26.0. The fraction of sp³-hybridized carbons (Fsp3) is 0.976. The predicted octanol–water partition coefficient (Wildman–Crippen LogP) is -12.4. The lowest BCUT2D eigenvalue weighted by Crippen LogP contribution is -2.67. The van der Waals surface area contributed by atoms with Gasteiger partial charge in [-0.05, 0) is 19.8 Å². The molecule has 30 atom stereocenters. The van der Waals surface area contributed by atoms with Crippen molar-refractivity contribution in [2.75, 3.05) is 39.6 Å². The number of carbonyl (C=O) groups excluding carboxylic acids is 1. The molecule has 0 aliphatic carbocycles. The first kappa shape index (κ1) is 64.8. The summed E-state index contributed by atoms with van der Waals surface area (Å²) in [5.74, 6) is -0.238. The molecule has 6 heterocycles. The van der Waals surface area contributed by atoms with Crippen LogP contribution in [-0.4, -0.2) is 316 Å². The summed E-state index contributed by atoms with van der Waals surface area (Å²) in [5.41, 5.74) is 0. The maximum Gasteiger partial charge on any atom is 0.187 e. The first-order chi connectivity index (χ1) is 36.2. The quantitative estimate of drug-likeness (QED) is 0.0334. The summed E-state index contributed by atoms with van der Waals surface area (Å²) in [6, 6.07) is 0. The number of phosphoric acid groups is 1. The number of hydrogen-bond acceptors (Lipinski definition) is 34. The third kappa shape index (κ3) is 15.4. The molecular formula is C42H71O34P-2. The Morgan fingerprint density at radius 1 is 0.429 bits per heavy atom. The van der Waals surface area contributed by atoms with E-state index in [-0.39, 0.29) is 31.7 Å². The Bertz CT molecular complexity index is 1860. The van der Waals surface area contributed by atoms with Gasteiger partial charge in [0, 0.05) is 6.42 Å². The van der Waals surface area contributed by atoms with Gasteiger partial charge in [0.25, 0.3) is 0 Å². The van der Waals surface area contributed by atoms with E-state index in [1.54, 1.807) is 6.92 Å². The second-order valence-electron chi connectivity index (χ2n) is 19.3. The van der Waals surface area contributed by atoms with Crippen LogP contribution in [0.5, 0.6) is 0 Å². The zero-order valence-corrected chi connectivity index (χ0v) is 42.1. The maximum atomic E-state index is 11.8. The highest BCUT2D eigenvalue weighted by atomic mass is 31.2. The van der Waals surface area contributed by atoms with Crippen LogP contribution in [0.2, 0.25) is 0 Å². The lowest BCUT2D eigenvalue weighted by Gasteiger charge is -2.49. The van der Waals surface area contributed by atoms with Gasteiger partial charge >= 0.3 is 0 Å². The normalized spacial score (nSPS) is 48.2. The van der Waals surface area contributed by atoms with Crippen molar-refractivity contribution in [3.63, 3.8) is 0 Å². The van der Waals surface area contributed by atoms with Crippen LogP contribution < -0.4 is 9.79 Å². The van der Waals surface area contributed by atoms with Crippen molar-refractivity contribution in [3.8, 4) is 0 Å². The second kappa shape index (κ2) is 28.3. The van der Waals surface area contributed by atoms with Crippen molar-refractivity contribution in [1.29, 1.82) is 0 Å². The number of rotatable bonds is 23. The van der Waals surface area contributed by atoms with Crippen molar-refractivity contribution >= 4 is 13.6 Å². The van der Waals surface area contributed by atoms with E-state index in [1.807, 2.05) is 0 Å². The molecule has 0 saturated carbocycles. The molecule has 0 aromatic carbocycles. The topological polar surface area (TPSA) is 544 Å². The summed E-state index contributed by atoms with van der Waals surface area (Å²) in [6.07, 6.45) is -57.1. The van der Waals surface area contributed by atoms with Gasteiger partial charge in [0.15, 0.2) is 37.7 Å². The zero-order valence-electron chi connectivity index (χ0n) is 41.2. The lowest BCUT2D eigenvalue weighted by atomic mass is 9.96. The van der Waals surface area contributed by atoms with Crippen molar-refractivity contribution in [2.45, 2.75) is 217 Å². The number of hydrogen-bond donors (Lipinski definition) is 17. The van der Waals surface area contributed by atoms with E-state index in [2.05, 4.69) is 4.52 Å². The SMILES string of the molecule is CCC1O[C@@H](OC2[C@H](OCC3O[C@@H](OCC4O[C@@H](OCCCC(C)=O)C(O)[C@@H](O[C@@H]5OC(CO)[C@H](O)[C@H](O)C5O[C@@H]5OC(COP(=O)([O-])[O-])[C@H](O)[C@H](O)C5O)[C@H]4O)C(O)[C@@H](O)[C@H]3O)OC(CO)[C@H](O)[C@@H]2O)C(O)[C@@H](O)[C@H]1O. The number of ketones is 1. The second-order valence-corrected chi connectivity index (χ2v) is 20.4. The van der Waals surface area contributed by atoms with E-state index in [4.69, 9.17) is 56.8 Å². The number of aliphatic hydroxyl groups excluding tert-OH is 17. The van der Waals surface area contributed by atoms with Gasteiger partial charge in [-0.3, -0.25) is 0 Å². The van der Waals surface area contributed by atoms with Crippen LogP contribution >= 0.6 is 7.82 Å². The van der Waals surface area contributed by atoms with Gasteiger partial charge in [-0.15, -0.1) is 0 Å². The minimum Gasteiger partial charge on any atom is -0.790 e. The molecule has 34 nitrogen and oxygen atoms in total. The summed E-state index contributed by atoms with van der Waals surface area (Å²) in [7, 11) is -5.69. The van der Waals surface area contributed by atoms with E-state index in [0.717, 1.165) is 0 Å². The van der Waals surface area contributed by atoms with Crippen molar-refractivity contribution < 1.29 is 167 Å². The van der Waals surface area contributed by atoms with Crippen LogP contribution in [-0.2, 0) is 70.7 Å². The summed E-state index contributed by atoms with van der Waals surface area (Å²) < 4.78 is 83.6. The largest absolute Gasteiger partial charge is 0.790 e. The van der Waals surface area contributed by atoms with Gasteiger partial charge in [0.2, 0.25) is 0 Å². The third-order valence-corrected chi connectivity index (χ3v) is 14.2. The Morgan fingerprint density at radius 3 is 1.30 bits per heavy atom. The van der Waals surface area contributed by atoms with Crippen LogP contribution in [0.4, 0.5) is 0 Å². The Hall–Kier alpha value is -1.38. The number of ether oxygens (including phenoxy) is 12. The van der Waals surface area contributed by atoms with Crippen molar-refractivity contribution in [3.05, 3.63) is 0 Å². The average Bonchev–Trinajstić information content (AvgIpc) is 3.40. The van der Waals surface area contributed by atoms with Crippen LogP contribution in [0.25, 0.3) is 0 Å². The number of carbonyl (C=O) groups is 1. The van der Waals surface area contributed by atoms with E-state index in [0.29, 0.717) is 0 Å². The highest BCUT2D eigenvalue weighted by molar-refractivity contribution is 7.43. The minimum absolute atomic E-state index is 0.00411. The zero-order chi connectivity index (χ0) is 57.0. The first-order valence-electron chi connectivity index (χ1n) is 24.6. The van der Waals surface area contributed by atoms with Crippen LogP contribution in [0.1, 0.15) is 33.1 Å². The lowest BCUT2D eigenvalue weighted by molar-refractivity contribution is -0.392. The Labute approximate surface area is 437 Å². The van der Waals surface area contributed by atoms with Gasteiger partial charge in [-0.25, -0.2) is 0 Å². The monoisotopic (exact) mass is 1150 g/mol. The van der Waals surface area contributed by atoms with Crippen LogP contribution in [0.15, 0.2) is 0 Å². The molecule has 6 saturated heterocycles. The van der Waals surface area contributed by atoms with Gasteiger partial charge in [-0.2, -0.15) is 0 Å². The van der Waals surface area contributed by atoms with Gasteiger partial charge < -0.3 is 167 Å². The highest BCUT2D eigenvalue weighted by Gasteiger charge is 2.56. The van der Waals surface area contributed by atoms with Crippen molar-refractivity contribution in [1.82, 2.24) is 0 Å². The number of Topliss-reactive ketones (excluding diaryl/α,β-unsaturated/α-hetero) is 1. The smallest absolute Gasteiger partial charge is 0.187 e. The molecule has 6 aliphatic rings. The predicted molar refractivity (Wildman–Crippen MR) is 232 cm³/mol. The fourth-order valence-corrected chi connectivity index (χ4v) is 9.57. The molecule has 0 bridgehead atoms. The van der Waals surface area contributed by atoms with Gasteiger partial charge in [0.05, 0.1) is 53.6 Å². The molecule has 0 spiro atoms. The third-order valence-electron chi connectivity index (χ3n) is 13.8. The summed E-state index contributed by atoms with van der Waals surface area (Å²) in [4.78, 5) is 34.0. The van der Waals surface area contributed by atoms with Gasteiger partial charge in [0.1, 0.15) is 146 Å². The Kier molecular flexibility index (Phi) is 23.8. The molecule has 17 N–H and O–H groups in total. The van der Waals surface area contributed by atoms with E-state index < -0.39 is 225 Å². The number of phosphoric ester groups is 1. The molecule has 6 aliphatic heterocycles. The van der Waals surface area contributed by atoms with E-state index in [1.165, 1.54) is 6.92 Å². The van der Waals surface area contributed by atoms with E-state index >= 15 is 0 Å². The Morgan fingerprint density at radius 2 is 0.805 bits per heavy atom. The summed E-state index contributed by atoms with van der Waals surface area (Å²) in [6.45, 7) is -2.20. The molecule has 12 unspecified atom stereocenters. The fourth-order valence-electron chi connectivity index (χ4n) is 9.24. The molecular weight excluding hydrogens is 1080 g/mol. The van der Waals surface area contributed by atoms with Crippen LogP contribution in [0.3, 0.4) is 0 Å². The molecule has 0 radical (unpaired) electrons. The molecule has 6 fully saturated rings. The molecule has 0 aromatic rings. The summed E-state index contributed by atoms with van der Waals surface area (Å²) in [5, 5.41) is 183. The molecule has 77 heavy (non-hydrogen) atoms. The van der Waals surface area contributed by atoms with Gasteiger partial charge in [-0.1, -0.05) is 6.92 Å². The molecule has 0 amide bonds. The van der Waals surface area contributed by atoms with E-state index in [9.17, 15) is 106 Å².